The van der Waals surface area contributed by atoms with Gasteiger partial charge in [0.15, 0.2) is 0 Å². The molecule has 8 heteroatoms. The van der Waals surface area contributed by atoms with Crippen molar-refractivity contribution in [3.63, 3.8) is 0 Å². The van der Waals surface area contributed by atoms with E-state index in [1.165, 1.54) is 12.4 Å². The smallest absolute Gasteiger partial charge is 0.246 e. The van der Waals surface area contributed by atoms with Gasteiger partial charge in [-0.05, 0) is 38.3 Å². The minimum Gasteiger partial charge on any atom is -0.328 e. The van der Waals surface area contributed by atoms with Crippen molar-refractivity contribution in [1.29, 1.82) is 0 Å². The second-order valence-corrected chi connectivity index (χ2v) is 8.05. The fourth-order valence-corrected chi connectivity index (χ4v) is 4.13. The number of hydrogen-bond donors (Lipinski definition) is 0. The molecule has 7 nitrogen and oxygen atoms in total. The van der Waals surface area contributed by atoms with Crippen LogP contribution in [0.2, 0.25) is 0 Å². The number of aryl methyl sites for hydroxylation is 3. The minimum absolute atomic E-state index is 0.0730. The molecule has 0 amide bonds. The first kappa shape index (κ1) is 17.5. The predicted octanol–water partition coefficient (Wildman–Crippen LogP) is 2.48. The third-order valence-electron chi connectivity index (χ3n) is 4.14. The summed E-state index contributed by atoms with van der Waals surface area (Å²) in [5, 5.41) is -0.0884. The topological polar surface area (TPSA) is 90.6 Å². The van der Waals surface area contributed by atoms with Crippen molar-refractivity contribution in [2.24, 2.45) is 0 Å². The molecule has 0 saturated heterocycles. The number of hydrogen-bond acceptors (Lipinski definition) is 6. The summed E-state index contributed by atoms with van der Waals surface area (Å²) >= 11 is 0. The Hall–Kier alpha value is -2.35. The average Bonchev–Trinajstić information content (AvgIpc) is 2.92. The third-order valence-corrected chi connectivity index (χ3v) is 5.73. The zero-order valence-corrected chi connectivity index (χ0v) is 15.2. The van der Waals surface area contributed by atoms with Crippen LogP contribution in [0, 0.1) is 13.8 Å². The third kappa shape index (κ3) is 3.84. The van der Waals surface area contributed by atoms with Gasteiger partial charge in [-0.25, -0.2) is 23.4 Å². The van der Waals surface area contributed by atoms with Crippen LogP contribution in [0.5, 0.6) is 0 Å². The molecule has 3 aromatic rings. The molecule has 0 fully saturated rings. The van der Waals surface area contributed by atoms with Crippen LogP contribution >= 0.6 is 0 Å². The molecule has 3 rings (SSSR count). The SMILES string of the molecule is Cc1cncc2nc(C)n(CCCCCS(=O)(=O)c3ncccn3)c12. The zero-order valence-electron chi connectivity index (χ0n) is 14.4. The van der Waals surface area contributed by atoms with E-state index in [0.717, 1.165) is 41.8 Å². The molecular formula is C17H21N5O2S. The van der Waals surface area contributed by atoms with Gasteiger partial charge in [0.05, 0.1) is 17.5 Å². The van der Waals surface area contributed by atoms with Gasteiger partial charge in [-0.15, -0.1) is 0 Å². The van der Waals surface area contributed by atoms with E-state index < -0.39 is 9.84 Å². The summed E-state index contributed by atoms with van der Waals surface area (Å²) in [5.74, 6) is 1.03. The fourth-order valence-electron chi connectivity index (χ4n) is 2.92. The van der Waals surface area contributed by atoms with E-state index in [1.54, 1.807) is 12.3 Å². The summed E-state index contributed by atoms with van der Waals surface area (Å²) in [6.07, 6.45) is 8.81. The molecule has 0 N–H and O–H groups in total. The Kier molecular flexibility index (Phi) is 5.08. The largest absolute Gasteiger partial charge is 0.328 e. The van der Waals surface area contributed by atoms with Gasteiger partial charge in [0.2, 0.25) is 15.0 Å². The zero-order chi connectivity index (χ0) is 17.9. The van der Waals surface area contributed by atoms with Crippen molar-refractivity contribution in [3.8, 4) is 0 Å². The van der Waals surface area contributed by atoms with Gasteiger partial charge in [0.1, 0.15) is 11.3 Å². The molecule has 0 radical (unpaired) electrons. The van der Waals surface area contributed by atoms with Crippen molar-refractivity contribution < 1.29 is 8.42 Å². The van der Waals surface area contributed by atoms with Crippen molar-refractivity contribution >= 4 is 20.9 Å². The first-order valence-electron chi connectivity index (χ1n) is 8.26. The molecule has 132 valence electrons. The lowest BCUT2D eigenvalue weighted by atomic mass is 10.2. The maximum absolute atomic E-state index is 12.2. The first-order valence-corrected chi connectivity index (χ1v) is 9.91. The highest BCUT2D eigenvalue weighted by atomic mass is 32.2. The van der Waals surface area contributed by atoms with Crippen molar-refractivity contribution in [3.05, 3.63) is 42.2 Å². The van der Waals surface area contributed by atoms with Crippen LogP contribution < -0.4 is 0 Å². The maximum Gasteiger partial charge on any atom is 0.246 e. The highest BCUT2D eigenvalue weighted by Gasteiger charge is 2.16. The highest BCUT2D eigenvalue weighted by molar-refractivity contribution is 7.91. The minimum atomic E-state index is -3.39. The summed E-state index contributed by atoms with van der Waals surface area (Å²) in [6, 6.07) is 1.61. The van der Waals surface area contributed by atoms with Gasteiger partial charge in [-0.3, -0.25) is 4.98 Å². The Labute approximate surface area is 147 Å². The molecule has 0 atom stereocenters. The Bertz CT molecular complexity index is 967. The Morgan fingerprint density at radius 1 is 1.04 bits per heavy atom. The van der Waals surface area contributed by atoms with Crippen LogP contribution in [0.15, 0.2) is 36.0 Å². The number of fused-ring (bicyclic) bond motifs is 1. The van der Waals surface area contributed by atoms with Crippen molar-refractivity contribution in [1.82, 2.24) is 24.5 Å². The number of imidazole rings is 1. The van der Waals surface area contributed by atoms with Gasteiger partial charge < -0.3 is 4.57 Å². The van der Waals surface area contributed by atoms with Crippen LogP contribution in [0.3, 0.4) is 0 Å². The predicted molar refractivity (Wildman–Crippen MR) is 94.9 cm³/mol. The molecule has 0 bridgehead atoms. The van der Waals surface area contributed by atoms with Gasteiger partial charge in [-0.2, -0.15) is 0 Å². The van der Waals surface area contributed by atoms with Crippen LogP contribution in [-0.4, -0.2) is 38.7 Å². The number of pyridine rings is 1. The summed E-state index contributed by atoms with van der Waals surface area (Å²) < 4.78 is 26.5. The molecular weight excluding hydrogens is 338 g/mol. The van der Waals surface area contributed by atoms with E-state index in [-0.39, 0.29) is 10.9 Å². The molecule has 0 unspecified atom stereocenters. The number of nitrogens with zero attached hydrogens (tertiary/aromatic N) is 5. The number of rotatable bonds is 7. The van der Waals surface area contributed by atoms with E-state index in [2.05, 4.69) is 24.5 Å². The van der Waals surface area contributed by atoms with Crippen molar-refractivity contribution in [2.75, 3.05) is 5.75 Å². The molecule has 0 aliphatic carbocycles. The van der Waals surface area contributed by atoms with Gasteiger partial charge in [-0.1, -0.05) is 6.42 Å². The lowest BCUT2D eigenvalue weighted by Crippen LogP contribution is -2.11. The Balaban J connectivity index is 1.57. The van der Waals surface area contributed by atoms with Gasteiger partial charge in [0, 0.05) is 25.1 Å². The Morgan fingerprint density at radius 2 is 1.80 bits per heavy atom. The molecule has 25 heavy (non-hydrogen) atoms. The lowest BCUT2D eigenvalue weighted by molar-refractivity contribution is 0.571. The average molecular weight is 359 g/mol. The van der Waals surface area contributed by atoms with Crippen LogP contribution in [-0.2, 0) is 16.4 Å². The van der Waals surface area contributed by atoms with E-state index in [4.69, 9.17) is 0 Å². The molecule has 0 aromatic carbocycles. The van der Waals surface area contributed by atoms with Crippen LogP contribution in [0.4, 0.5) is 0 Å². The van der Waals surface area contributed by atoms with E-state index in [0.29, 0.717) is 6.42 Å². The van der Waals surface area contributed by atoms with E-state index in [1.807, 2.05) is 20.0 Å². The number of sulfone groups is 1. The molecule has 0 spiro atoms. The van der Waals surface area contributed by atoms with Crippen LogP contribution in [0.1, 0.15) is 30.7 Å². The summed E-state index contributed by atoms with van der Waals surface area (Å²) in [4.78, 5) is 16.4. The summed E-state index contributed by atoms with van der Waals surface area (Å²) in [5.41, 5.74) is 3.11. The molecule has 0 aliphatic heterocycles. The van der Waals surface area contributed by atoms with Crippen molar-refractivity contribution in [2.45, 2.75) is 44.8 Å². The highest BCUT2D eigenvalue weighted by Crippen LogP contribution is 2.19. The molecule has 3 heterocycles. The summed E-state index contributed by atoms with van der Waals surface area (Å²) in [7, 11) is -3.39. The van der Waals surface area contributed by atoms with Crippen LogP contribution in [0.25, 0.3) is 11.0 Å². The normalized spacial score (nSPS) is 11.9. The number of unbranched alkanes of at least 4 members (excludes halogenated alkanes) is 2. The van der Waals surface area contributed by atoms with E-state index in [9.17, 15) is 8.42 Å². The lowest BCUT2D eigenvalue weighted by Gasteiger charge is -2.08. The Morgan fingerprint density at radius 3 is 2.56 bits per heavy atom. The molecule has 3 aromatic heterocycles. The monoisotopic (exact) mass is 359 g/mol. The van der Waals surface area contributed by atoms with Gasteiger partial charge in [0.25, 0.3) is 0 Å². The maximum atomic E-state index is 12.2. The quantitative estimate of drug-likeness (QED) is 0.475. The number of aromatic nitrogens is 5. The second kappa shape index (κ2) is 7.26. The second-order valence-electron chi connectivity index (χ2n) is 6.05. The summed E-state index contributed by atoms with van der Waals surface area (Å²) in [6.45, 7) is 4.82. The molecule has 0 aliphatic rings. The first-order chi connectivity index (χ1) is 12.0. The van der Waals surface area contributed by atoms with Gasteiger partial charge >= 0.3 is 0 Å². The molecule has 0 saturated carbocycles. The van der Waals surface area contributed by atoms with E-state index >= 15 is 0 Å². The standard InChI is InChI=1S/C17H21N5O2S/c1-13-11-18-12-15-16(13)22(14(2)21-15)9-4-3-5-10-25(23,24)17-19-7-6-8-20-17/h6-8,11-12H,3-5,9-10H2,1-2H3. The fraction of sp³-hybridized carbons (Fsp3) is 0.412.